The molecule has 20 heavy (non-hydrogen) atoms. The van der Waals surface area contributed by atoms with Crippen molar-refractivity contribution in [2.45, 2.75) is 25.7 Å². The van der Waals surface area contributed by atoms with Gasteiger partial charge in [-0.1, -0.05) is 11.3 Å². The topological polar surface area (TPSA) is 67.9 Å². The van der Waals surface area contributed by atoms with E-state index in [1.54, 1.807) is 6.20 Å². The third kappa shape index (κ3) is 2.66. The average Bonchev–Trinajstić information content (AvgIpc) is 2.78. The maximum absolute atomic E-state index is 5.77. The number of nitrogen functional groups attached to an aromatic ring is 1. The van der Waals surface area contributed by atoms with Gasteiger partial charge in [-0.15, -0.1) is 0 Å². The van der Waals surface area contributed by atoms with E-state index in [1.165, 1.54) is 30.7 Å². The van der Waals surface area contributed by atoms with E-state index in [4.69, 9.17) is 10.7 Å². The largest absolute Gasteiger partial charge is 0.375 e. The fourth-order valence-electron chi connectivity index (χ4n) is 2.75. The number of anilines is 1. The molecule has 0 aliphatic carbocycles. The number of thiazole rings is 1. The molecule has 2 N–H and O–H groups in total. The van der Waals surface area contributed by atoms with Crippen molar-refractivity contribution in [2.75, 3.05) is 25.9 Å². The molecule has 106 valence electrons. The van der Waals surface area contributed by atoms with Crippen LogP contribution < -0.4 is 5.73 Å². The predicted molar refractivity (Wildman–Crippen MR) is 81.8 cm³/mol. The molecule has 2 aromatic rings. The van der Waals surface area contributed by atoms with Crippen LogP contribution in [-0.4, -0.2) is 40.0 Å². The maximum atomic E-state index is 5.77. The first-order valence-corrected chi connectivity index (χ1v) is 7.69. The SMILES string of the molecule is Cc1nc(N)sc1-c1cncc([C@H]2CCCN(C)C2)n1. The molecule has 5 nitrogen and oxygen atoms in total. The summed E-state index contributed by atoms with van der Waals surface area (Å²) in [7, 11) is 2.16. The first-order valence-electron chi connectivity index (χ1n) is 6.87. The Hall–Kier alpha value is -1.53. The highest BCUT2D eigenvalue weighted by molar-refractivity contribution is 7.18. The van der Waals surface area contributed by atoms with E-state index in [1.807, 2.05) is 13.1 Å². The molecule has 0 radical (unpaired) electrons. The summed E-state index contributed by atoms with van der Waals surface area (Å²) in [5.74, 6) is 0.478. The third-order valence-corrected chi connectivity index (χ3v) is 4.75. The number of hydrogen-bond acceptors (Lipinski definition) is 6. The molecule has 0 aromatic carbocycles. The Morgan fingerprint density at radius 1 is 1.35 bits per heavy atom. The average molecular weight is 289 g/mol. The molecule has 3 rings (SSSR count). The zero-order chi connectivity index (χ0) is 14.1. The number of piperidine rings is 1. The van der Waals surface area contributed by atoms with Crippen LogP contribution in [0.3, 0.4) is 0 Å². The number of likely N-dealkylation sites (N-methyl/N-ethyl adjacent to an activating group) is 1. The van der Waals surface area contributed by atoms with E-state index >= 15 is 0 Å². The van der Waals surface area contributed by atoms with E-state index in [-0.39, 0.29) is 0 Å². The quantitative estimate of drug-likeness (QED) is 0.918. The molecular weight excluding hydrogens is 270 g/mol. The Balaban J connectivity index is 1.91. The summed E-state index contributed by atoms with van der Waals surface area (Å²) in [5.41, 5.74) is 8.67. The predicted octanol–water partition coefficient (Wildman–Crippen LogP) is 2.30. The standard InChI is InChI=1S/C14H19N5S/c1-9-13(20-14(15)17-9)12-7-16-6-11(18-12)10-4-3-5-19(2)8-10/h6-7,10H,3-5,8H2,1-2H3,(H2,15,17)/t10-/m0/s1. The van der Waals surface area contributed by atoms with Crippen molar-refractivity contribution in [1.82, 2.24) is 19.9 Å². The molecule has 1 aliphatic rings. The molecule has 0 spiro atoms. The van der Waals surface area contributed by atoms with Crippen LogP contribution in [0.2, 0.25) is 0 Å². The summed E-state index contributed by atoms with van der Waals surface area (Å²) >= 11 is 1.48. The van der Waals surface area contributed by atoms with Crippen molar-refractivity contribution in [2.24, 2.45) is 0 Å². The van der Waals surface area contributed by atoms with Gasteiger partial charge in [0.05, 0.1) is 22.5 Å². The lowest BCUT2D eigenvalue weighted by molar-refractivity contribution is 0.248. The smallest absolute Gasteiger partial charge is 0.180 e. The second kappa shape index (κ2) is 5.46. The van der Waals surface area contributed by atoms with Crippen molar-refractivity contribution in [3.8, 4) is 10.6 Å². The summed E-state index contributed by atoms with van der Waals surface area (Å²) in [4.78, 5) is 16.8. The van der Waals surface area contributed by atoms with Crippen LogP contribution in [0, 0.1) is 6.92 Å². The van der Waals surface area contributed by atoms with Gasteiger partial charge in [-0.3, -0.25) is 4.98 Å². The molecule has 1 atom stereocenters. The lowest BCUT2D eigenvalue weighted by Gasteiger charge is -2.29. The van der Waals surface area contributed by atoms with Crippen LogP contribution in [0.25, 0.3) is 10.6 Å². The van der Waals surface area contributed by atoms with Gasteiger partial charge in [0.2, 0.25) is 0 Å². The van der Waals surface area contributed by atoms with Crippen LogP contribution in [0.1, 0.15) is 30.1 Å². The van der Waals surface area contributed by atoms with Crippen molar-refractivity contribution in [3.63, 3.8) is 0 Å². The molecule has 0 unspecified atom stereocenters. The van der Waals surface area contributed by atoms with Crippen molar-refractivity contribution in [1.29, 1.82) is 0 Å². The van der Waals surface area contributed by atoms with Gasteiger partial charge in [-0.2, -0.15) is 0 Å². The minimum Gasteiger partial charge on any atom is -0.375 e. The normalized spacial score (nSPS) is 20.2. The molecule has 0 amide bonds. The van der Waals surface area contributed by atoms with E-state index in [9.17, 15) is 0 Å². The number of nitrogens with zero attached hydrogens (tertiary/aromatic N) is 4. The number of rotatable bonds is 2. The van der Waals surface area contributed by atoms with Gasteiger partial charge in [0, 0.05) is 18.7 Å². The summed E-state index contributed by atoms with van der Waals surface area (Å²) in [6.45, 7) is 4.20. The molecule has 2 aromatic heterocycles. The highest BCUT2D eigenvalue weighted by atomic mass is 32.1. The third-order valence-electron chi connectivity index (χ3n) is 3.74. The second-order valence-corrected chi connectivity index (χ2v) is 6.43. The molecular formula is C14H19N5S. The van der Waals surface area contributed by atoms with Gasteiger partial charge in [0.15, 0.2) is 5.13 Å². The van der Waals surface area contributed by atoms with Gasteiger partial charge in [0.25, 0.3) is 0 Å². The van der Waals surface area contributed by atoms with E-state index in [0.717, 1.165) is 28.5 Å². The zero-order valence-corrected chi connectivity index (χ0v) is 12.7. The summed E-state index contributed by atoms with van der Waals surface area (Å²) in [6, 6.07) is 0. The minimum atomic E-state index is 0.478. The lowest BCUT2D eigenvalue weighted by Crippen LogP contribution is -2.31. The van der Waals surface area contributed by atoms with Crippen LogP contribution in [0.15, 0.2) is 12.4 Å². The first kappa shape index (κ1) is 13.5. The van der Waals surface area contributed by atoms with Gasteiger partial charge in [-0.25, -0.2) is 9.97 Å². The first-order chi connectivity index (χ1) is 9.63. The number of hydrogen-bond donors (Lipinski definition) is 1. The summed E-state index contributed by atoms with van der Waals surface area (Å²) < 4.78 is 0. The van der Waals surface area contributed by atoms with Crippen LogP contribution in [-0.2, 0) is 0 Å². The number of aromatic nitrogens is 3. The minimum absolute atomic E-state index is 0.478. The Bertz CT molecular complexity index is 609. The van der Waals surface area contributed by atoms with Crippen molar-refractivity contribution < 1.29 is 0 Å². The monoisotopic (exact) mass is 289 g/mol. The number of aryl methyl sites for hydroxylation is 1. The Labute approximate surface area is 122 Å². The van der Waals surface area contributed by atoms with Crippen LogP contribution >= 0.6 is 11.3 Å². The molecule has 3 heterocycles. The fourth-order valence-corrected chi connectivity index (χ4v) is 3.54. The lowest BCUT2D eigenvalue weighted by atomic mass is 9.95. The van der Waals surface area contributed by atoms with Crippen LogP contribution in [0.4, 0.5) is 5.13 Å². The number of likely N-dealkylation sites (tertiary alicyclic amines) is 1. The van der Waals surface area contributed by atoms with Gasteiger partial charge < -0.3 is 10.6 Å². The van der Waals surface area contributed by atoms with Gasteiger partial charge in [0.1, 0.15) is 5.69 Å². The number of nitrogens with two attached hydrogens (primary N) is 1. The molecule has 0 bridgehead atoms. The second-order valence-electron chi connectivity index (χ2n) is 5.40. The highest BCUT2D eigenvalue weighted by Gasteiger charge is 2.21. The molecule has 0 saturated carbocycles. The Kier molecular flexibility index (Phi) is 3.67. The highest BCUT2D eigenvalue weighted by Crippen LogP contribution is 2.31. The van der Waals surface area contributed by atoms with Crippen LogP contribution in [0.5, 0.6) is 0 Å². The van der Waals surface area contributed by atoms with E-state index in [2.05, 4.69) is 21.9 Å². The molecule has 6 heteroatoms. The summed E-state index contributed by atoms with van der Waals surface area (Å²) in [5, 5.41) is 0.585. The molecule has 1 aliphatic heterocycles. The van der Waals surface area contributed by atoms with Crippen molar-refractivity contribution >= 4 is 16.5 Å². The molecule has 1 saturated heterocycles. The fraction of sp³-hybridized carbons (Fsp3) is 0.500. The molecule has 1 fully saturated rings. The van der Waals surface area contributed by atoms with Crippen molar-refractivity contribution in [3.05, 3.63) is 23.8 Å². The van der Waals surface area contributed by atoms with E-state index < -0.39 is 0 Å². The van der Waals surface area contributed by atoms with Gasteiger partial charge >= 0.3 is 0 Å². The Morgan fingerprint density at radius 2 is 2.20 bits per heavy atom. The summed E-state index contributed by atoms with van der Waals surface area (Å²) in [6.07, 6.45) is 6.11. The van der Waals surface area contributed by atoms with Gasteiger partial charge in [-0.05, 0) is 33.4 Å². The zero-order valence-electron chi connectivity index (χ0n) is 11.8. The Morgan fingerprint density at radius 3 is 2.90 bits per heavy atom. The van der Waals surface area contributed by atoms with E-state index in [0.29, 0.717) is 11.0 Å². The maximum Gasteiger partial charge on any atom is 0.180 e.